The number of benzene rings is 2. The van der Waals surface area contributed by atoms with Crippen LogP contribution in [-0.2, 0) is 6.54 Å². The Balaban J connectivity index is 1.68. The molecule has 0 radical (unpaired) electrons. The van der Waals surface area contributed by atoms with E-state index in [-0.39, 0.29) is 5.91 Å². The lowest BCUT2D eigenvalue weighted by molar-refractivity contribution is -0.917. The van der Waals surface area contributed by atoms with Gasteiger partial charge in [-0.2, -0.15) is 0 Å². The van der Waals surface area contributed by atoms with Crippen LogP contribution in [-0.4, -0.2) is 58.3 Å². The highest BCUT2D eigenvalue weighted by molar-refractivity contribution is 6.30. The van der Waals surface area contributed by atoms with Crippen LogP contribution in [0.15, 0.2) is 36.4 Å². The number of nitrogens with zero attached hydrogens (tertiary/aromatic N) is 1. The van der Waals surface area contributed by atoms with Crippen molar-refractivity contribution in [1.29, 1.82) is 0 Å². The Morgan fingerprint density at radius 2 is 1.75 bits per heavy atom. The van der Waals surface area contributed by atoms with Gasteiger partial charge in [0.15, 0.2) is 11.5 Å². The Kier molecular flexibility index (Phi) is 6.65. The smallest absolute Gasteiger partial charge is 0.258 e. The minimum Gasteiger partial charge on any atom is -0.493 e. The van der Waals surface area contributed by atoms with Crippen LogP contribution in [0.3, 0.4) is 0 Å². The Labute approximate surface area is 170 Å². The standard InChI is InChI=1S/C21H25ClN2O4/c1-26-18-8-7-17(19(27-2)20(18)28-3)21(25)24-11-9-23(10-12-24)14-15-5-4-6-16(22)13-15/h4-8,13H,9-12,14H2,1-3H3/p+1. The second-order valence-electron chi connectivity index (χ2n) is 6.73. The lowest BCUT2D eigenvalue weighted by Crippen LogP contribution is -3.13. The van der Waals surface area contributed by atoms with Crippen molar-refractivity contribution in [3.63, 3.8) is 0 Å². The fourth-order valence-electron chi connectivity index (χ4n) is 3.58. The van der Waals surface area contributed by atoms with Crippen LogP contribution in [0.5, 0.6) is 17.2 Å². The van der Waals surface area contributed by atoms with Gasteiger partial charge in [-0.3, -0.25) is 4.79 Å². The quantitative estimate of drug-likeness (QED) is 0.797. The van der Waals surface area contributed by atoms with Crippen molar-refractivity contribution in [2.45, 2.75) is 6.54 Å². The average molecular weight is 406 g/mol. The van der Waals surface area contributed by atoms with Crippen molar-refractivity contribution >= 4 is 17.5 Å². The van der Waals surface area contributed by atoms with Crippen molar-refractivity contribution in [2.24, 2.45) is 0 Å². The van der Waals surface area contributed by atoms with E-state index in [0.29, 0.717) is 35.9 Å². The first-order valence-corrected chi connectivity index (χ1v) is 9.61. The van der Waals surface area contributed by atoms with E-state index in [4.69, 9.17) is 25.8 Å². The summed E-state index contributed by atoms with van der Waals surface area (Å²) in [5.41, 5.74) is 1.70. The fourth-order valence-corrected chi connectivity index (χ4v) is 3.79. The van der Waals surface area contributed by atoms with E-state index >= 15 is 0 Å². The summed E-state index contributed by atoms with van der Waals surface area (Å²) >= 11 is 6.08. The van der Waals surface area contributed by atoms with Crippen LogP contribution in [0.2, 0.25) is 5.02 Å². The molecule has 0 aliphatic carbocycles. The van der Waals surface area contributed by atoms with Gasteiger partial charge in [-0.25, -0.2) is 0 Å². The summed E-state index contributed by atoms with van der Waals surface area (Å²) in [6.07, 6.45) is 0. The maximum Gasteiger partial charge on any atom is 0.258 e. The fraction of sp³-hybridized carbons (Fsp3) is 0.381. The van der Waals surface area contributed by atoms with Gasteiger partial charge in [0.2, 0.25) is 5.75 Å². The van der Waals surface area contributed by atoms with Crippen molar-refractivity contribution in [2.75, 3.05) is 47.5 Å². The van der Waals surface area contributed by atoms with Crippen molar-refractivity contribution < 1.29 is 23.9 Å². The molecule has 0 spiro atoms. The highest BCUT2D eigenvalue weighted by Crippen LogP contribution is 2.40. The molecule has 1 fully saturated rings. The van der Waals surface area contributed by atoms with E-state index in [9.17, 15) is 4.79 Å². The number of quaternary nitrogens is 1. The molecule has 1 aliphatic rings. The zero-order valence-electron chi connectivity index (χ0n) is 16.5. The predicted molar refractivity (Wildman–Crippen MR) is 108 cm³/mol. The minimum atomic E-state index is -0.0559. The Hall–Kier alpha value is -2.44. The van der Waals surface area contributed by atoms with Crippen molar-refractivity contribution in [1.82, 2.24) is 4.90 Å². The second-order valence-corrected chi connectivity index (χ2v) is 7.17. The molecule has 0 saturated carbocycles. The van der Waals surface area contributed by atoms with E-state index < -0.39 is 0 Å². The number of rotatable bonds is 6. The number of piperazine rings is 1. The highest BCUT2D eigenvalue weighted by atomic mass is 35.5. The molecule has 1 heterocycles. The maximum atomic E-state index is 13.1. The molecule has 2 aromatic rings. The summed E-state index contributed by atoms with van der Waals surface area (Å²) in [6, 6.07) is 11.4. The third-order valence-corrected chi connectivity index (χ3v) is 5.27. The summed E-state index contributed by atoms with van der Waals surface area (Å²) in [6.45, 7) is 4.04. The molecule has 0 bridgehead atoms. The molecule has 2 aromatic carbocycles. The molecule has 1 aliphatic heterocycles. The van der Waals surface area contributed by atoms with Gasteiger partial charge in [0, 0.05) is 10.6 Å². The van der Waals surface area contributed by atoms with Gasteiger partial charge in [0.05, 0.1) is 53.1 Å². The normalized spacial score (nSPS) is 14.6. The third-order valence-electron chi connectivity index (χ3n) is 5.04. The van der Waals surface area contributed by atoms with Gasteiger partial charge in [0.1, 0.15) is 6.54 Å². The average Bonchev–Trinajstić information content (AvgIpc) is 2.72. The predicted octanol–water partition coefficient (Wildman–Crippen LogP) is 1.91. The lowest BCUT2D eigenvalue weighted by Gasteiger charge is -2.32. The molecule has 6 nitrogen and oxygen atoms in total. The zero-order chi connectivity index (χ0) is 20.1. The number of carbonyl (C=O) groups excluding carboxylic acids is 1. The maximum absolute atomic E-state index is 13.1. The number of ether oxygens (including phenoxy) is 3. The minimum absolute atomic E-state index is 0.0559. The molecule has 0 aromatic heterocycles. The highest BCUT2D eigenvalue weighted by Gasteiger charge is 2.28. The number of amides is 1. The topological polar surface area (TPSA) is 52.4 Å². The first-order valence-electron chi connectivity index (χ1n) is 9.23. The monoisotopic (exact) mass is 405 g/mol. The van der Waals surface area contributed by atoms with Crippen molar-refractivity contribution in [3.8, 4) is 17.2 Å². The summed E-state index contributed by atoms with van der Waals surface area (Å²) < 4.78 is 16.2. The van der Waals surface area contributed by atoms with Crippen LogP contribution < -0.4 is 19.1 Å². The van der Waals surface area contributed by atoms with Crippen LogP contribution in [0.4, 0.5) is 0 Å². The summed E-state index contributed by atoms with van der Waals surface area (Å²) in [5, 5.41) is 0.756. The Morgan fingerprint density at radius 1 is 1.04 bits per heavy atom. The van der Waals surface area contributed by atoms with Gasteiger partial charge < -0.3 is 24.0 Å². The lowest BCUT2D eigenvalue weighted by atomic mass is 10.1. The SMILES string of the molecule is COc1ccc(C(=O)N2CC[NH+](Cc3cccc(Cl)c3)CC2)c(OC)c1OC. The van der Waals surface area contributed by atoms with Gasteiger partial charge in [0.25, 0.3) is 5.91 Å². The van der Waals surface area contributed by atoms with E-state index in [1.807, 2.05) is 23.1 Å². The molecule has 0 unspecified atom stereocenters. The molecule has 28 heavy (non-hydrogen) atoms. The van der Waals surface area contributed by atoms with Crippen molar-refractivity contribution in [3.05, 3.63) is 52.5 Å². The number of methoxy groups -OCH3 is 3. The number of carbonyl (C=O) groups is 1. The van der Waals surface area contributed by atoms with Gasteiger partial charge in [-0.1, -0.05) is 23.7 Å². The number of halogens is 1. The number of hydrogen-bond donors (Lipinski definition) is 1. The molecular formula is C21H26ClN2O4+. The van der Waals surface area contributed by atoms with Crippen LogP contribution in [0.1, 0.15) is 15.9 Å². The summed E-state index contributed by atoms with van der Waals surface area (Å²) in [5.74, 6) is 1.31. The number of nitrogens with one attached hydrogen (secondary N) is 1. The van der Waals surface area contributed by atoms with Crippen LogP contribution in [0.25, 0.3) is 0 Å². The van der Waals surface area contributed by atoms with Gasteiger partial charge in [-0.15, -0.1) is 0 Å². The summed E-state index contributed by atoms with van der Waals surface area (Å²) in [7, 11) is 4.62. The van der Waals surface area contributed by atoms with Crippen LogP contribution in [0, 0.1) is 0 Å². The molecular weight excluding hydrogens is 380 g/mol. The first-order chi connectivity index (χ1) is 13.6. The van der Waals surface area contributed by atoms with E-state index in [0.717, 1.165) is 24.7 Å². The molecule has 7 heteroatoms. The van der Waals surface area contributed by atoms with E-state index in [1.54, 1.807) is 19.2 Å². The second kappa shape index (κ2) is 9.17. The molecule has 0 atom stereocenters. The largest absolute Gasteiger partial charge is 0.493 e. The van der Waals surface area contributed by atoms with Crippen LogP contribution >= 0.6 is 11.6 Å². The number of hydrogen-bond acceptors (Lipinski definition) is 4. The molecule has 1 amide bonds. The molecule has 150 valence electrons. The van der Waals surface area contributed by atoms with Gasteiger partial charge >= 0.3 is 0 Å². The van der Waals surface area contributed by atoms with Gasteiger partial charge in [-0.05, 0) is 24.3 Å². The Bertz CT molecular complexity index is 835. The first kappa shape index (κ1) is 20.3. The Morgan fingerprint density at radius 3 is 2.36 bits per heavy atom. The zero-order valence-corrected chi connectivity index (χ0v) is 17.2. The third kappa shape index (κ3) is 4.34. The summed E-state index contributed by atoms with van der Waals surface area (Å²) in [4.78, 5) is 16.4. The molecule has 1 saturated heterocycles. The molecule has 1 N–H and O–H groups in total. The van der Waals surface area contributed by atoms with E-state index in [2.05, 4.69) is 6.07 Å². The molecule has 3 rings (SSSR count). The van der Waals surface area contributed by atoms with E-state index in [1.165, 1.54) is 24.7 Å².